The number of carbonyl (C=O) groups is 1. The van der Waals surface area contributed by atoms with Crippen molar-refractivity contribution in [1.82, 2.24) is 20.4 Å². The molecule has 0 aromatic carbocycles. The predicted molar refractivity (Wildman–Crippen MR) is 133 cm³/mol. The molecule has 2 N–H and O–H groups in total. The van der Waals surface area contributed by atoms with Crippen molar-refractivity contribution in [2.75, 3.05) is 60.0 Å². The van der Waals surface area contributed by atoms with Crippen LogP contribution < -0.4 is 10.6 Å². The predicted octanol–water partition coefficient (Wildman–Crippen LogP) is 2.45. The minimum absolute atomic E-state index is 0. The van der Waals surface area contributed by atoms with Gasteiger partial charge in [0, 0.05) is 51.7 Å². The summed E-state index contributed by atoms with van der Waals surface area (Å²) in [5, 5.41) is 7.26. The lowest BCUT2D eigenvalue weighted by molar-refractivity contribution is -0.127. The molecule has 0 unspecified atom stereocenters. The summed E-state index contributed by atoms with van der Waals surface area (Å²) in [6, 6.07) is 0.484. The Morgan fingerprint density at radius 2 is 1.77 bits per heavy atom. The highest BCUT2D eigenvalue weighted by Gasteiger charge is 2.34. The fourth-order valence-electron chi connectivity index (χ4n) is 4.90. The van der Waals surface area contributed by atoms with Gasteiger partial charge in [-0.25, -0.2) is 4.99 Å². The maximum Gasteiger partial charge on any atom is 0.243 e. The van der Waals surface area contributed by atoms with Crippen LogP contribution in [-0.2, 0) is 9.53 Å². The van der Waals surface area contributed by atoms with Crippen LogP contribution in [0.4, 0.5) is 0 Å². The highest BCUT2D eigenvalue weighted by molar-refractivity contribution is 14.0. The van der Waals surface area contributed by atoms with E-state index in [1.807, 2.05) is 0 Å². The summed E-state index contributed by atoms with van der Waals surface area (Å²) in [7, 11) is 3.57. The molecular formula is C22H42IN5O2. The number of morpholine rings is 1. The molecule has 0 spiro atoms. The smallest absolute Gasteiger partial charge is 0.243 e. The summed E-state index contributed by atoms with van der Waals surface area (Å²) in [5.74, 6) is 0.859. The second kappa shape index (κ2) is 13.1. The Labute approximate surface area is 199 Å². The topological polar surface area (TPSA) is 69.2 Å². The summed E-state index contributed by atoms with van der Waals surface area (Å²) < 4.78 is 5.55. The maximum absolute atomic E-state index is 12.1. The molecule has 8 heteroatoms. The van der Waals surface area contributed by atoms with Gasteiger partial charge in [0.15, 0.2) is 5.96 Å². The van der Waals surface area contributed by atoms with Gasteiger partial charge >= 0.3 is 0 Å². The molecule has 3 rings (SSSR count). The summed E-state index contributed by atoms with van der Waals surface area (Å²) in [6.45, 7) is 6.06. The number of aliphatic imine (C=N–C) groups is 1. The molecule has 174 valence electrons. The van der Waals surface area contributed by atoms with Crippen molar-refractivity contribution in [1.29, 1.82) is 0 Å². The van der Waals surface area contributed by atoms with E-state index in [0.717, 1.165) is 45.4 Å². The molecule has 2 aliphatic carbocycles. The number of nitrogens with zero attached hydrogens (tertiary/aromatic N) is 3. The normalized spacial score (nSPS) is 22.9. The lowest BCUT2D eigenvalue weighted by atomic mass is 9.73. The molecule has 1 aliphatic heterocycles. The van der Waals surface area contributed by atoms with Crippen LogP contribution in [0.15, 0.2) is 4.99 Å². The standard InChI is InChI=1S/C22H41N5O2.HI/c1-26(2)20(28)16-23-21(25-19-8-4-5-9-19)24-17-22(10-6-3-7-11-22)18-27-12-14-29-15-13-27;/h19H,3-18H2,1-2H3,(H2,23,24,25);1H. The van der Waals surface area contributed by atoms with Crippen molar-refractivity contribution in [2.24, 2.45) is 10.4 Å². The van der Waals surface area contributed by atoms with Crippen molar-refractivity contribution in [3.05, 3.63) is 0 Å². The van der Waals surface area contributed by atoms with Crippen LogP contribution in [-0.4, -0.2) is 87.7 Å². The number of likely N-dealkylation sites (N-methyl/N-ethyl adjacent to an activating group) is 1. The number of hydrogen-bond acceptors (Lipinski definition) is 4. The number of guanidine groups is 1. The molecule has 0 radical (unpaired) electrons. The first kappa shape index (κ1) is 25.6. The van der Waals surface area contributed by atoms with Crippen LogP contribution in [0.2, 0.25) is 0 Å². The molecule has 0 aromatic rings. The number of ether oxygens (including phenoxy) is 1. The van der Waals surface area contributed by atoms with Crippen LogP contribution in [0.5, 0.6) is 0 Å². The van der Waals surface area contributed by atoms with Gasteiger partial charge in [-0.1, -0.05) is 32.1 Å². The first-order valence-electron chi connectivity index (χ1n) is 11.6. The van der Waals surface area contributed by atoms with Crippen molar-refractivity contribution < 1.29 is 9.53 Å². The van der Waals surface area contributed by atoms with Gasteiger partial charge < -0.3 is 20.3 Å². The largest absolute Gasteiger partial charge is 0.379 e. The van der Waals surface area contributed by atoms with E-state index in [1.54, 1.807) is 19.0 Å². The average molecular weight is 536 g/mol. The van der Waals surface area contributed by atoms with Crippen molar-refractivity contribution in [2.45, 2.75) is 63.8 Å². The number of halogens is 1. The van der Waals surface area contributed by atoms with Crippen LogP contribution in [0.25, 0.3) is 0 Å². The molecule has 2 saturated carbocycles. The summed E-state index contributed by atoms with van der Waals surface area (Å²) in [5.41, 5.74) is 0.291. The van der Waals surface area contributed by atoms with Gasteiger partial charge in [0.2, 0.25) is 5.91 Å². The van der Waals surface area contributed by atoms with Gasteiger partial charge in [0.1, 0.15) is 6.54 Å². The number of hydrogen-bond donors (Lipinski definition) is 2. The SMILES string of the molecule is CN(C)C(=O)CN=C(NCC1(CN2CCOCC2)CCCCC1)NC1CCCC1.I. The van der Waals surface area contributed by atoms with Gasteiger partial charge in [-0.05, 0) is 25.7 Å². The zero-order valence-electron chi connectivity index (χ0n) is 19.0. The van der Waals surface area contributed by atoms with E-state index in [4.69, 9.17) is 4.74 Å². The number of amides is 1. The lowest BCUT2D eigenvalue weighted by Gasteiger charge is -2.42. The fourth-order valence-corrected chi connectivity index (χ4v) is 4.90. The van der Waals surface area contributed by atoms with Gasteiger partial charge in [-0.2, -0.15) is 0 Å². The van der Waals surface area contributed by atoms with Crippen molar-refractivity contribution >= 4 is 35.8 Å². The minimum atomic E-state index is 0. The fraction of sp³-hybridized carbons (Fsp3) is 0.909. The molecule has 0 aromatic heterocycles. The van der Waals surface area contributed by atoms with E-state index < -0.39 is 0 Å². The second-order valence-electron chi connectivity index (χ2n) is 9.38. The van der Waals surface area contributed by atoms with E-state index in [-0.39, 0.29) is 36.4 Å². The number of carbonyl (C=O) groups excluding carboxylic acids is 1. The molecule has 3 fully saturated rings. The highest BCUT2D eigenvalue weighted by Crippen LogP contribution is 2.36. The van der Waals surface area contributed by atoms with E-state index >= 15 is 0 Å². The Hall–Kier alpha value is -0.610. The van der Waals surface area contributed by atoms with E-state index in [1.165, 1.54) is 57.8 Å². The molecule has 1 amide bonds. The highest BCUT2D eigenvalue weighted by atomic mass is 127. The Morgan fingerprint density at radius 1 is 1.10 bits per heavy atom. The van der Waals surface area contributed by atoms with E-state index in [0.29, 0.717) is 11.5 Å². The van der Waals surface area contributed by atoms with Crippen LogP contribution in [0.1, 0.15) is 57.8 Å². The first-order chi connectivity index (χ1) is 14.1. The average Bonchev–Trinajstić information content (AvgIpc) is 3.24. The third-order valence-corrected chi connectivity index (χ3v) is 6.78. The van der Waals surface area contributed by atoms with Gasteiger partial charge in [0.25, 0.3) is 0 Å². The molecular weight excluding hydrogens is 493 g/mol. The zero-order valence-corrected chi connectivity index (χ0v) is 21.3. The van der Waals surface area contributed by atoms with Crippen LogP contribution >= 0.6 is 24.0 Å². The second-order valence-corrected chi connectivity index (χ2v) is 9.38. The monoisotopic (exact) mass is 535 g/mol. The zero-order chi connectivity index (χ0) is 20.5. The third-order valence-electron chi connectivity index (χ3n) is 6.78. The maximum atomic E-state index is 12.1. The summed E-state index contributed by atoms with van der Waals surface area (Å²) >= 11 is 0. The van der Waals surface area contributed by atoms with Gasteiger partial charge in [-0.3, -0.25) is 9.69 Å². The molecule has 0 atom stereocenters. The molecule has 1 saturated heterocycles. The quantitative estimate of drug-likeness (QED) is 0.298. The summed E-state index contributed by atoms with van der Waals surface area (Å²) in [4.78, 5) is 20.9. The van der Waals surface area contributed by atoms with Crippen molar-refractivity contribution in [3.63, 3.8) is 0 Å². The molecule has 0 bridgehead atoms. The van der Waals surface area contributed by atoms with Gasteiger partial charge in [0.05, 0.1) is 13.2 Å². The number of nitrogens with one attached hydrogen (secondary N) is 2. The first-order valence-corrected chi connectivity index (χ1v) is 11.6. The van der Waals surface area contributed by atoms with Crippen LogP contribution in [0.3, 0.4) is 0 Å². The Balaban J connectivity index is 0.00000320. The molecule has 3 aliphatic rings. The van der Waals surface area contributed by atoms with Crippen LogP contribution in [0, 0.1) is 5.41 Å². The minimum Gasteiger partial charge on any atom is -0.379 e. The Bertz CT molecular complexity index is 540. The third kappa shape index (κ3) is 8.15. The Kier molecular flexibility index (Phi) is 11.2. The molecule has 1 heterocycles. The van der Waals surface area contributed by atoms with Crippen molar-refractivity contribution in [3.8, 4) is 0 Å². The summed E-state index contributed by atoms with van der Waals surface area (Å²) in [6.07, 6.45) is 11.5. The molecule has 7 nitrogen and oxygen atoms in total. The van der Waals surface area contributed by atoms with E-state index in [9.17, 15) is 4.79 Å². The molecule has 30 heavy (non-hydrogen) atoms. The lowest BCUT2D eigenvalue weighted by Crippen LogP contribution is -2.52. The van der Waals surface area contributed by atoms with E-state index in [2.05, 4.69) is 20.5 Å². The van der Waals surface area contributed by atoms with Gasteiger partial charge in [-0.15, -0.1) is 24.0 Å². The Morgan fingerprint density at radius 3 is 2.40 bits per heavy atom. The number of rotatable bonds is 7.